The fourth-order valence-electron chi connectivity index (χ4n) is 2.94. The number of thiophene rings is 1. The molecule has 0 saturated carbocycles. The van der Waals surface area contributed by atoms with Crippen LogP contribution in [0.15, 0.2) is 17.5 Å². The largest absolute Gasteiger partial charge is 0.326 e. The number of nitrogens with zero attached hydrogens (tertiary/aromatic N) is 3. The molecule has 1 saturated heterocycles. The molecular formula is C17H22N4O2S2. The number of carbonyl (C=O) groups excluding carboxylic acids is 2. The number of rotatable bonds is 7. The van der Waals surface area contributed by atoms with E-state index in [1.807, 2.05) is 11.4 Å². The Bertz CT molecular complexity index is 714. The quantitative estimate of drug-likeness (QED) is 0.747. The predicted molar refractivity (Wildman–Crippen MR) is 100 cm³/mol. The third kappa shape index (κ3) is 4.43. The molecule has 1 N–H and O–H groups in total. The lowest BCUT2D eigenvalue weighted by Gasteiger charge is -2.22. The SMILES string of the molecule is CCCCCc1nnc(NC(=O)C2CCCN2C(=O)c2cccs2)s1. The Morgan fingerprint density at radius 3 is 3.00 bits per heavy atom. The Morgan fingerprint density at radius 2 is 2.24 bits per heavy atom. The van der Waals surface area contributed by atoms with Crippen molar-refractivity contribution in [2.24, 2.45) is 0 Å². The summed E-state index contributed by atoms with van der Waals surface area (Å²) in [4.78, 5) is 27.5. The van der Waals surface area contributed by atoms with Crippen molar-refractivity contribution in [2.45, 2.75) is 51.5 Å². The molecule has 2 aromatic heterocycles. The van der Waals surface area contributed by atoms with Gasteiger partial charge < -0.3 is 4.90 Å². The highest BCUT2D eigenvalue weighted by atomic mass is 32.1. The van der Waals surface area contributed by atoms with Gasteiger partial charge in [0.2, 0.25) is 11.0 Å². The van der Waals surface area contributed by atoms with E-state index in [2.05, 4.69) is 22.4 Å². The van der Waals surface area contributed by atoms with Gasteiger partial charge in [-0.1, -0.05) is 37.2 Å². The Kier molecular flexibility index (Phi) is 6.14. The maximum absolute atomic E-state index is 12.6. The van der Waals surface area contributed by atoms with Gasteiger partial charge in [-0.3, -0.25) is 14.9 Å². The molecule has 1 aliphatic heterocycles. The molecule has 3 heterocycles. The van der Waals surface area contributed by atoms with Crippen LogP contribution in [0.4, 0.5) is 5.13 Å². The van der Waals surface area contributed by atoms with E-state index in [4.69, 9.17) is 0 Å². The van der Waals surface area contributed by atoms with Crippen molar-refractivity contribution in [2.75, 3.05) is 11.9 Å². The van der Waals surface area contributed by atoms with E-state index in [-0.39, 0.29) is 11.8 Å². The first-order chi connectivity index (χ1) is 12.2. The van der Waals surface area contributed by atoms with Crippen LogP contribution in [0.5, 0.6) is 0 Å². The first-order valence-corrected chi connectivity index (χ1v) is 10.4. The molecule has 0 aliphatic carbocycles. The van der Waals surface area contributed by atoms with E-state index in [0.29, 0.717) is 23.0 Å². The van der Waals surface area contributed by atoms with Gasteiger partial charge in [-0.25, -0.2) is 0 Å². The van der Waals surface area contributed by atoms with Crippen molar-refractivity contribution >= 4 is 39.6 Å². The van der Waals surface area contributed by atoms with Gasteiger partial charge in [-0.2, -0.15) is 0 Å². The lowest BCUT2D eigenvalue weighted by molar-refractivity contribution is -0.119. The van der Waals surface area contributed by atoms with Crippen LogP contribution in [0.3, 0.4) is 0 Å². The zero-order valence-electron chi connectivity index (χ0n) is 14.2. The molecular weight excluding hydrogens is 356 g/mol. The summed E-state index contributed by atoms with van der Waals surface area (Å²) >= 11 is 2.83. The van der Waals surface area contributed by atoms with Gasteiger partial charge in [0.05, 0.1) is 4.88 Å². The number of amides is 2. The van der Waals surface area contributed by atoms with E-state index in [1.54, 1.807) is 11.0 Å². The molecule has 2 aromatic rings. The van der Waals surface area contributed by atoms with Gasteiger partial charge in [-0.15, -0.1) is 21.5 Å². The lowest BCUT2D eigenvalue weighted by Crippen LogP contribution is -2.42. The zero-order chi connectivity index (χ0) is 17.6. The van der Waals surface area contributed by atoms with Crippen LogP contribution in [-0.2, 0) is 11.2 Å². The van der Waals surface area contributed by atoms with Crippen LogP contribution in [-0.4, -0.2) is 39.5 Å². The minimum atomic E-state index is -0.429. The summed E-state index contributed by atoms with van der Waals surface area (Å²) in [5, 5.41) is 14.4. The molecule has 0 aromatic carbocycles. The minimum absolute atomic E-state index is 0.0647. The minimum Gasteiger partial charge on any atom is -0.326 e. The van der Waals surface area contributed by atoms with Crippen LogP contribution in [0, 0.1) is 0 Å². The standard InChI is InChI=1S/C17H22N4O2S2/c1-2-3-4-9-14-19-20-17(25-14)18-15(22)12-7-5-10-21(12)16(23)13-8-6-11-24-13/h6,8,11-12H,2-5,7,9-10H2,1H3,(H,18,20,22). The number of aryl methyl sites for hydroxylation is 1. The third-order valence-corrected chi connectivity index (χ3v) is 6.00. The Labute approximate surface area is 155 Å². The molecule has 1 fully saturated rings. The molecule has 1 atom stereocenters. The average molecular weight is 379 g/mol. The van der Waals surface area contributed by atoms with E-state index >= 15 is 0 Å². The van der Waals surface area contributed by atoms with E-state index in [1.165, 1.54) is 29.1 Å². The normalized spacial score (nSPS) is 17.0. The number of aromatic nitrogens is 2. The van der Waals surface area contributed by atoms with Crippen molar-refractivity contribution in [3.8, 4) is 0 Å². The fourth-order valence-corrected chi connectivity index (χ4v) is 4.41. The highest BCUT2D eigenvalue weighted by Gasteiger charge is 2.35. The van der Waals surface area contributed by atoms with Crippen LogP contribution >= 0.6 is 22.7 Å². The topological polar surface area (TPSA) is 75.2 Å². The second-order valence-corrected chi connectivity index (χ2v) is 8.09. The first-order valence-electron chi connectivity index (χ1n) is 8.66. The average Bonchev–Trinajstić information content (AvgIpc) is 3.36. The molecule has 134 valence electrons. The summed E-state index contributed by atoms with van der Waals surface area (Å²) < 4.78 is 0. The monoisotopic (exact) mass is 378 g/mol. The van der Waals surface area contributed by atoms with Gasteiger partial charge in [0.25, 0.3) is 5.91 Å². The second-order valence-electron chi connectivity index (χ2n) is 6.08. The predicted octanol–water partition coefficient (Wildman–Crippen LogP) is 3.58. The number of hydrogen-bond acceptors (Lipinski definition) is 6. The molecule has 3 rings (SSSR count). The highest BCUT2D eigenvalue weighted by Crippen LogP contribution is 2.24. The van der Waals surface area contributed by atoms with Crippen molar-refractivity contribution in [3.05, 3.63) is 27.4 Å². The lowest BCUT2D eigenvalue weighted by atomic mass is 10.2. The molecule has 25 heavy (non-hydrogen) atoms. The van der Waals surface area contributed by atoms with Gasteiger partial charge in [0.1, 0.15) is 11.0 Å². The maximum Gasteiger partial charge on any atom is 0.264 e. The van der Waals surface area contributed by atoms with Crippen molar-refractivity contribution in [1.82, 2.24) is 15.1 Å². The molecule has 2 amide bonds. The summed E-state index contributed by atoms with van der Waals surface area (Å²) in [6.07, 6.45) is 5.85. The van der Waals surface area contributed by atoms with Crippen LogP contribution in [0.1, 0.15) is 53.7 Å². The smallest absolute Gasteiger partial charge is 0.264 e. The molecule has 0 spiro atoms. The summed E-state index contributed by atoms with van der Waals surface area (Å²) in [5.74, 6) is -0.233. The number of likely N-dealkylation sites (tertiary alicyclic amines) is 1. The van der Waals surface area contributed by atoms with E-state index in [9.17, 15) is 9.59 Å². The third-order valence-electron chi connectivity index (χ3n) is 4.24. The molecule has 1 aliphatic rings. The van der Waals surface area contributed by atoms with E-state index in [0.717, 1.165) is 30.7 Å². The Balaban J connectivity index is 1.59. The van der Waals surface area contributed by atoms with Crippen LogP contribution in [0.2, 0.25) is 0 Å². The highest BCUT2D eigenvalue weighted by molar-refractivity contribution is 7.15. The molecule has 0 bridgehead atoms. The summed E-state index contributed by atoms with van der Waals surface area (Å²) in [6, 6.07) is 3.22. The van der Waals surface area contributed by atoms with Gasteiger partial charge in [-0.05, 0) is 30.7 Å². The zero-order valence-corrected chi connectivity index (χ0v) is 15.9. The van der Waals surface area contributed by atoms with Gasteiger partial charge in [0.15, 0.2) is 0 Å². The van der Waals surface area contributed by atoms with Crippen LogP contribution in [0.25, 0.3) is 0 Å². The second kappa shape index (κ2) is 8.53. The number of hydrogen-bond donors (Lipinski definition) is 1. The number of nitrogens with one attached hydrogen (secondary N) is 1. The van der Waals surface area contributed by atoms with Crippen molar-refractivity contribution < 1.29 is 9.59 Å². The summed E-state index contributed by atoms with van der Waals surface area (Å²) in [5.41, 5.74) is 0. The molecule has 1 unspecified atom stereocenters. The summed E-state index contributed by atoms with van der Waals surface area (Å²) in [6.45, 7) is 2.78. The van der Waals surface area contributed by atoms with Crippen molar-refractivity contribution in [1.29, 1.82) is 0 Å². The maximum atomic E-state index is 12.6. The Morgan fingerprint density at radius 1 is 1.36 bits per heavy atom. The number of anilines is 1. The molecule has 8 heteroatoms. The van der Waals surface area contributed by atoms with Gasteiger partial charge in [0, 0.05) is 13.0 Å². The first kappa shape index (κ1) is 18.0. The Hall–Kier alpha value is -1.80. The number of carbonyl (C=O) groups is 2. The number of unbranched alkanes of at least 4 members (excludes halogenated alkanes) is 2. The van der Waals surface area contributed by atoms with Crippen molar-refractivity contribution in [3.63, 3.8) is 0 Å². The van der Waals surface area contributed by atoms with Gasteiger partial charge >= 0.3 is 0 Å². The molecule has 0 radical (unpaired) electrons. The van der Waals surface area contributed by atoms with E-state index < -0.39 is 6.04 Å². The van der Waals surface area contributed by atoms with Crippen LogP contribution < -0.4 is 5.32 Å². The summed E-state index contributed by atoms with van der Waals surface area (Å²) in [7, 11) is 0. The fraction of sp³-hybridized carbons (Fsp3) is 0.529. The molecule has 6 nitrogen and oxygen atoms in total.